The molecule has 0 saturated heterocycles. The molecule has 29 heavy (non-hydrogen) atoms. The third-order valence-corrected chi connectivity index (χ3v) is 3.97. The lowest BCUT2D eigenvalue weighted by Gasteiger charge is -2.14. The molecule has 0 saturated carbocycles. The van der Waals surface area contributed by atoms with E-state index in [1.807, 2.05) is 32.9 Å². The Hall–Kier alpha value is -3.16. The van der Waals surface area contributed by atoms with Gasteiger partial charge in [-0.15, -0.1) is 0 Å². The van der Waals surface area contributed by atoms with Gasteiger partial charge in [-0.3, -0.25) is 4.79 Å². The Morgan fingerprint density at radius 3 is 2.28 bits per heavy atom. The Labute approximate surface area is 167 Å². The van der Waals surface area contributed by atoms with Gasteiger partial charge in [-0.05, 0) is 57.0 Å². The van der Waals surface area contributed by atoms with Crippen LogP contribution in [0.4, 0.5) is 14.5 Å². The van der Waals surface area contributed by atoms with Crippen molar-refractivity contribution in [3.05, 3.63) is 52.6 Å². The summed E-state index contributed by atoms with van der Waals surface area (Å²) in [6, 6.07) is 7.55. The van der Waals surface area contributed by atoms with Crippen LogP contribution in [0.2, 0.25) is 0 Å². The predicted octanol–water partition coefficient (Wildman–Crippen LogP) is 4.41. The Morgan fingerprint density at radius 2 is 1.69 bits per heavy atom. The number of carbonyl (C=O) groups is 2. The molecule has 6 nitrogen and oxygen atoms in total. The van der Waals surface area contributed by atoms with E-state index in [0.29, 0.717) is 5.69 Å². The van der Waals surface area contributed by atoms with Crippen molar-refractivity contribution >= 4 is 17.6 Å². The number of aryl methyl sites for hydroxylation is 3. The van der Waals surface area contributed by atoms with E-state index < -0.39 is 25.1 Å². The summed E-state index contributed by atoms with van der Waals surface area (Å²) in [4.78, 5) is 24.4. The molecule has 0 aromatic heterocycles. The number of nitrogens with one attached hydrogen (secondary N) is 1. The smallest absolute Gasteiger partial charge is 0.387 e. The molecule has 0 aliphatic heterocycles. The number of hydrogen-bond acceptors (Lipinski definition) is 5. The van der Waals surface area contributed by atoms with Crippen molar-refractivity contribution in [2.45, 2.75) is 34.3 Å². The summed E-state index contributed by atoms with van der Waals surface area (Å²) in [5, 5.41) is 2.73. The molecule has 8 heteroatoms. The van der Waals surface area contributed by atoms with E-state index in [2.05, 4.69) is 10.1 Å². The van der Waals surface area contributed by atoms with Gasteiger partial charge >= 0.3 is 12.6 Å². The number of anilines is 1. The molecule has 1 amide bonds. The third kappa shape index (κ3) is 6.17. The molecule has 0 unspecified atom stereocenters. The van der Waals surface area contributed by atoms with Crippen LogP contribution in [0.1, 0.15) is 34.0 Å². The predicted molar refractivity (Wildman–Crippen MR) is 104 cm³/mol. The first-order valence-electron chi connectivity index (χ1n) is 8.97. The fourth-order valence-corrected chi connectivity index (χ4v) is 2.86. The van der Waals surface area contributed by atoms with E-state index in [1.54, 1.807) is 6.92 Å². The molecule has 2 rings (SSSR count). The number of rotatable bonds is 8. The minimum absolute atomic E-state index is 0.0161. The molecule has 0 atom stereocenters. The van der Waals surface area contributed by atoms with Crippen LogP contribution in [0.25, 0.3) is 0 Å². The SMILES string of the molecule is CCOc1cc(C(=O)OCC(=O)Nc2c(C)cc(C)cc2C)ccc1OC(F)F. The average molecular weight is 407 g/mol. The van der Waals surface area contributed by atoms with Crippen molar-refractivity contribution in [3.8, 4) is 11.5 Å². The van der Waals surface area contributed by atoms with Gasteiger partial charge in [-0.25, -0.2) is 4.79 Å². The Morgan fingerprint density at radius 1 is 1.03 bits per heavy atom. The van der Waals surface area contributed by atoms with Crippen LogP contribution in [0, 0.1) is 20.8 Å². The van der Waals surface area contributed by atoms with E-state index in [9.17, 15) is 18.4 Å². The maximum Gasteiger partial charge on any atom is 0.387 e. The highest BCUT2D eigenvalue weighted by atomic mass is 19.3. The zero-order chi connectivity index (χ0) is 21.6. The van der Waals surface area contributed by atoms with E-state index in [4.69, 9.17) is 9.47 Å². The largest absolute Gasteiger partial charge is 0.490 e. The third-order valence-electron chi connectivity index (χ3n) is 3.97. The molecule has 156 valence electrons. The second-order valence-electron chi connectivity index (χ2n) is 6.37. The molecule has 2 aromatic carbocycles. The van der Waals surface area contributed by atoms with Gasteiger partial charge < -0.3 is 19.5 Å². The van der Waals surface area contributed by atoms with Crippen LogP contribution in [-0.2, 0) is 9.53 Å². The van der Waals surface area contributed by atoms with Crippen LogP contribution < -0.4 is 14.8 Å². The van der Waals surface area contributed by atoms with Crippen LogP contribution in [-0.4, -0.2) is 31.7 Å². The molecule has 2 aromatic rings. The number of carbonyl (C=O) groups excluding carboxylic acids is 2. The van der Waals surface area contributed by atoms with E-state index in [-0.39, 0.29) is 23.7 Å². The van der Waals surface area contributed by atoms with Gasteiger partial charge in [0.05, 0.1) is 12.2 Å². The summed E-state index contributed by atoms with van der Waals surface area (Å²) in [6.07, 6.45) is 0. The highest BCUT2D eigenvalue weighted by Gasteiger charge is 2.17. The first-order chi connectivity index (χ1) is 13.7. The average Bonchev–Trinajstić information content (AvgIpc) is 2.64. The second-order valence-corrected chi connectivity index (χ2v) is 6.37. The lowest BCUT2D eigenvalue weighted by atomic mass is 10.1. The molecule has 0 bridgehead atoms. The van der Waals surface area contributed by atoms with Gasteiger partial charge in [-0.2, -0.15) is 8.78 Å². The number of amides is 1. The van der Waals surface area contributed by atoms with E-state index in [0.717, 1.165) is 16.7 Å². The lowest BCUT2D eigenvalue weighted by Crippen LogP contribution is -2.22. The Bertz CT molecular complexity index is 876. The van der Waals surface area contributed by atoms with Gasteiger partial charge in [0.25, 0.3) is 5.91 Å². The van der Waals surface area contributed by atoms with Crippen LogP contribution in [0.3, 0.4) is 0 Å². The van der Waals surface area contributed by atoms with E-state index in [1.165, 1.54) is 18.2 Å². The number of benzene rings is 2. The van der Waals surface area contributed by atoms with Gasteiger partial charge in [0, 0.05) is 5.69 Å². The minimum atomic E-state index is -3.02. The first-order valence-corrected chi connectivity index (χ1v) is 8.97. The van der Waals surface area contributed by atoms with Crippen molar-refractivity contribution in [1.29, 1.82) is 0 Å². The summed E-state index contributed by atoms with van der Waals surface area (Å²) < 4.78 is 39.5. The van der Waals surface area contributed by atoms with E-state index >= 15 is 0 Å². The topological polar surface area (TPSA) is 73.9 Å². The van der Waals surface area contributed by atoms with Crippen molar-refractivity contribution in [1.82, 2.24) is 0 Å². The highest BCUT2D eigenvalue weighted by Crippen LogP contribution is 2.30. The van der Waals surface area contributed by atoms with Gasteiger partial charge in [0.2, 0.25) is 0 Å². The van der Waals surface area contributed by atoms with Crippen molar-refractivity contribution < 1.29 is 32.6 Å². The van der Waals surface area contributed by atoms with Crippen LogP contribution >= 0.6 is 0 Å². The molecule has 0 heterocycles. The van der Waals surface area contributed by atoms with Gasteiger partial charge in [0.15, 0.2) is 18.1 Å². The molecule has 0 aliphatic carbocycles. The molecule has 0 fully saturated rings. The minimum Gasteiger partial charge on any atom is -0.490 e. The highest BCUT2D eigenvalue weighted by molar-refractivity contribution is 5.96. The summed E-state index contributed by atoms with van der Waals surface area (Å²) in [7, 11) is 0. The maximum atomic E-state index is 12.5. The Balaban J connectivity index is 2.03. The van der Waals surface area contributed by atoms with Gasteiger partial charge in [0.1, 0.15) is 0 Å². The summed E-state index contributed by atoms with van der Waals surface area (Å²) >= 11 is 0. The fraction of sp³-hybridized carbons (Fsp3) is 0.333. The van der Waals surface area contributed by atoms with Crippen molar-refractivity contribution in [3.63, 3.8) is 0 Å². The van der Waals surface area contributed by atoms with Crippen molar-refractivity contribution in [2.75, 3.05) is 18.5 Å². The normalized spacial score (nSPS) is 10.6. The maximum absolute atomic E-state index is 12.5. The molecule has 1 N–H and O–H groups in total. The summed E-state index contributed by atoms with van der Waals surface area (Å²) in [5.74, 6) is -1.49. The summed E-state index contributed by atoms with van der Waals surface area (Å²) in [6.45, 7) is 4.04. The van der Waals surface area contributed by atoms with Crippen LogP contribution in [0.5, 0.6) is 11.5 Å². The number of halogens is 2. The van der Waals surface area contributed by atoms with Crippen LogP contribution in [0.15, 0.2) is 30.3 Å². The zero-order valence-electron chi connectivity index (χ0n) is 16.7. The fourth-order valence-electron chi connectivity index (χ4n) is 2.86. The second kappa shape index (κ2) is 9.86. The molecule has 0 spiro atoms. The first kappa shape index (κ1) is 22.1. The lowest BCUT2D eigenvalue weighted by molar-refractivity contribution is -0.119. The Kier molecular flexibility index (Phi) is 7.52. The number of esters is 1. The number of ether oxygens (including phenoxy) is 3. The number of hydrogen-bond donors (Lipinski definition) is 1. The zero-order valence-corrected chi connectivity index (χ0v) is 16.7. The molecule has 0 radical (unpaired) electrons. The molecule has 0 aliphatic rings. The van der Waals surface area contributed by atoms with Gasteiger partial charge in [-0.1, -0.05) is 17.7 Å². The quantitative estimate of drug-likeness (QED) is 0.657. The molecular weight excluding hydrogens is 384 g/mol. The van der Waals surface area contributed by atoms with Crippen molar-refractivity contribution in [2.24, 2.45) is 0 Å². The molecular formula is C21H23F2NO5. The standard InChI is InChI=1S/C21H23F2NO5/c1-5-27-17-10-15(6-7-16(17)29-21(22)23)20(26)28-11-18(25)24-19-13(3)8-12(2)9-14(19)4/h6-10,21H,5,11H2,1-4H3,(H,24,25). The monoisotopic (exact) mass is 407 g/mol. The number of alkyl halides is 2. The summed E-state index contributed by atoms with van der Waals surface area (Å²) in [5.41, 5.74) is 3.60.